The molecule has 2 saturated heterocycles. The summed E-state index contributed by atoms with van der Waals surface area (Å²) < 4.78 is 16.5. The van der Waals surface area contributed by atoms with Crippen molar-refractivity contribution in [2.45, 2.75) is 32.5 Å². The molecule has 1 N–H and O–H groups in total. The topological polar surface area (TPSA) is 61.8 Å². The molecule has 8 nitrogen and oxygen atoms in total. The fourth-order valence-electron chi connectivity index (χ4n) is 4.45. The number of rotatable bonds is 7. The highest BCUT2D eigenvalue weighted by Gasteiger charge is 2.25. The van der Waals surface area contributed by atoms with Crippen LogP contribution in [0, 0.1) is 0 Å². The molecule has 1 aromatic rings. The van der Waals surface area contributed by atoms with E-state index in [0.29, 0.717) is 12.1 Å². The maximum absolute atomic E-state index is 5.57. The van der Waals surface area contributed by atoms with Gasteiger partial charge in [-0.05, 0) is 32.0 Å². The maximum atomic E-state index is 5.57. The van der Waals surface area contributed by atoms with Gasteiger partial charge in [-0.15, -0.1) is 0 Å². The Kier molecular flexibility index (Phi) is 8.80. The average molecular weight is 434 g/mol. The van der Waals surface area contributed by atoms with Crippen LogP contribution in [0.25, 0.3) is 0 Å². The van der Waals surface area contributed by atoms with Crippen LogP contribution in [0.15, 0.2) is 23.2 Å². The molecule has 2 aliphatic rings. The summed E-state index contributed by atoms with van der Waals surface area (Å²) in [6.45, 7) is 12.8. The van der Waals surface area contributed by atoms with Crippen molar-refractivity contribution < 1.29 is 14.2 Å². The van der Waals surface area contributed by atoms with Crippen LogP contribution in [0.4, 0.5) is 0 Å². The minimum atomic E-state index is 0.442. The Morgan fingerprint density at radius 3 is 2.61 bits per heavy atom. The predicted octanol–water partition coefficient (Wildman–Crippen LogP) is 1.51. The van der Waals surface area contributed by atoms with Crippen LogP contribution in [0.5, 0.6) is 11.5 Å². The van der Waals surface area contributed by atoms with Crippen molar-refractivity contribution in [1.29, 1.82) is 0 Å². The van der Waals surface area contributed by atoms with E-state index in [4.69, 9.17) is 14.2 Å². The lowest BCUT2D eigenvalue weighted by molar-refractivity contribution is -0.0175. The quantitative estimate of drug-likeness (QED) is 0.517. The maximum Gasteiger partial charge on any atom is 0.193 e. The number of benzene rings is 1. The molecule has 2 heterocycles. The van der Waals surface area contributed by atoms with Crippen molar-refractivity contribution in [3.05, 3.63) is 23.8 Å². The number of hydrogen-bond acceptors (Lipinski definition) is 6. The Hall–Kier alpha value is -2.03. The number of nitrogens with zero attached hydrogens (tertiary/aromatic N) is 4. The standard InChI is InChI=1S/C23H39N5O3/c1-18(28-12-13-31-17-19(28)2)15-25-23(24-3)27-10-8-26(9-11-27)16-20-14-21(29-4)6-7-22(20)30-5/h6-7,14,18-19H,8-13,15-17H2,1-5H3,(H,24,25). The van der Waals surface area contributed by atoms with Crippen molar-refractivity contribution in [3.63, 3.8) is 0 Å². The number of morpholine rings is 1. The van der Waals surface area contributed by atoms with Crippen molar-refractivity contribution >= 4 is 5.96 Å². The van der Waals surface area contributed by atoms with E-state index in [1.165, 1.54) is 0 Å². The monoisotopic (exact) mass is 433 g/mol. The fourth-order valence-corrected chi connectivity index (χ4v) is 4.45. The number of nitrogens with one attached hydrogen (secondary N) is 1. The summed E-state index contributed by atoms with van der Waals surface area (Å²) in [6.07, 6.45) is 0. The van der Waals surface area contributed by atoms with Gasteiger partial charge in [0.1, 0.15) is 11.5 Å². The molecule has 2 atom stereocenters. The molecule has 8 heteroatoms. The molecule has 0 radical (unpaired) electrons. The molecule has 0 spiro atoms. The number of aliphatic imine (C=N–C) groups is 1. The first kappa shape index (κ1) is 23.6. The van der Waals surface area contributed by atoms with E-state index in [9.17, 15) is 0 Å². The Morgan fingerprint density at radius 2 is 1.97 bits per heavy atom. The minimum absolute atomic E-state index is 0.442. The van der Waals surface area contributed by atoms with Crippen LogP contribution >= 0.6 is 0 Å². The second-order valence-corrected chi connectivity index (χ2v) is 8.38. The molecule has 3 rings (SSSR count). The Labute approximate surface area is 187 Å². The van der Waals surface area contributed by atoms with E-state index in [-0.39, 0.29) is 0 Å². The van der Waals surface area contributed by atoms with Gasteiger partial charge in [-0.2, -0.15) is 0 Å². The second kappa shape index (κ2) is 11.5. The molecule has 1 aromatic carbocycles. The van der Waals surface area contributed by atoms with Gasteiger partial charge in [-0.3, -0.25) is 14.8 Å². The number of methoxy groups -OCH3 is 2. The van der Waals surface area contributed by atoms with E-state index in [1.807, 2.05) is 19.2 Å². The van der Waals surface area contributed by atoms with Crippen LogP contribution in [-0.4, -0.2) is 106 Å². The molecule has 2 fully saturated rings. The number of hydrogen-bond donors (Lipinski definition) is 1. The van der Waals surface area contributed by atoms with Crippen LogP contribution in [-0.2, 0) is 11.3 Å². The smallest absolute Gasteiger partial charge is 0.193 e. The number of guanidine groups is 1. The molecule has 0 saturated carbocycles. The van der Waals surface area contributed by atoms with Crippen molar-refractivity contribution in [2.75, 3.05) is 73.7 Å². The normalized spacial score (nSPS) is 22.3. The zero-order valence-corrected chi connectivity index (χ0v) is 19.8. The first-order valence-corrected chi connectivity index (χ1v) is 11.3. The average Bonchev–Trinajstić information content (AvgIpc) is 2.80. The summed E-state index contributed by atoms with van der Waals surface area (Å²) in [5, 5.41) is 3.59. The molecule has 2 unspecified atom stereocenters. The zero-order valence-electron chi connectivity index (χ0n) is 19.8. The zero-order chi connectivity index (χ0) is 22.2. The largest absolute Gasteiger partial charge is 0.497 e. The van der Waals surface area contributed by atoms with Crippen molar-refractivity contribution in [1.82, 2.24) is 20.0 Å². The van der Waals surface area contributed by atoms with E-state index >= 15 is 0 Å². The summed E-state index contributed by atoms with van der Waals surface area (Å²) in [5.41, 5.74) is 1.16. The molecule has 0 aromatic heterocycles. The summed E-state index contributed by atoms with van der Waals surface area (Å²) in [7, 11) is 5.29. The van der Waals surface area contributed by atoms with E-state index < -0.39 is 0 Å². The van der Waals surface area contributed by atoms with E-state index in [0.717, 1.165) is 82.0 Å². The molecule has 2 aliphatic heterocycles. The SMILES string of the molecule is CN=C(NCC(C)N1CCOCC1C)N1CCN(Cc2cc(OC)ccc2OC)CC1. The van der Waals surface area contributed by atoms with Gasteiger partial charge >= 0.3 is 0 Å². The Balaban J connectivity index is 1.49. The third-order valence-electron chi connectivity index (χ3n) is 6.31. The van der Waals surface area contributed by atoms with Gasteiger partial charge in [0, 0.05) is 70.5 Å². The number of piperazine rings is 1. The molecule has 0 aliphatic carbocycles. The highest BCUT2D eigenvalue weighted by Crippen LogP contribution is 2.25. The Morgan fingerprint density at radius 1 is 1.19 bits per heavy atom. The molecule has 31 heavy (non-hydrogen) atoms. The molecular formula is C23H39N5O3. The Bertz CT molecular complexity index is 721. The third kappa shape index (κ3) is 6.24. The van der Waals surface area contributed by atoms with Gasteiger partial charge in [0.05, 0.1) is 27.4 Å². The highest BCUT2D eigenvalue weighted by atomic mass is 16.5. The van der Waals surface area contributed by atoms with Gasteiger partial charge in [-0.25, -0.2) is 0 Å². The molecule has 0 bridgehead atoms. The molecular weight excluding hydrogens is 394 g/mol. The van der Waals surface area contributed by atoms with Gasteiger partial charge in [0.2, 0.25) is 0 Å². The summed E-state index contributed by atoms with van der Waals surface area (Å²) in [4.78, 5) is 11.9. The van der Waals surface area contributed by atoms with Gasteiger partial charge in [0.15, 0.2) is 5.96 Å². The lowest BCUT2D eigenvalue weighted by atomic mass is 10.1. The van der Waals surface area contributed by atoms with Crippen LogP contribution in [0.1, 0.15) is 19.4 Å². The van der Waals surface area contributed by atoms with Crippen LogP contribution < -0.4 is 14.8 Å². The summed E-state index contributed by atoms with van der Waals surface area (Å²) in [6, 6.07) is 6.89. The van der Waals surface area contributed by atoms with Crippen molar-refractivity contribution in [3.8, 4) is 11.5 Å². The first-order valence-electron chi connectivity index (χ1n) is 11.3. The van der Waals surface area contributed by atoms with Crippen LogP contribution in [0.2, 0.25) is 0 Å². The fraction of sp³-hybridized carbons (Fsp3) is 0.696. The van der Waals surface area contributed by atoms with Gasteiger partial charge in [-0.1, -0.05) is 0 Å². The number of ether oxygens (including phenoxy) is 3. The first-order chi connectivity index (χ1) is 15.0. The lowest BCUT2D eigenvalue weighted by Gasteiger charge is -2.39. The van der Waals surface area contributed by atoms with Crippen molar-refractivity contribution in [2.24, 2.45) is 4.99 Å². The van der Waals surface area contributed by atoms with E-state index in [2.05, 4.69) is 44.9 Å². The molecule has 0 amide bonds. The van der Waals surface area contributed by atoms with E-state index in [1.54, 1.807) is 14.2 Å². The van der Waals surface area contributed by atoms with Crippen LogP contribution in [0.3, 0.4) is 0 Å². The highest BCUT2D eigenvalue weighted by molar-refractivity contribution is 5.80. The third-order valence-corrected chi connectivity index (χ3v) is 6.31. The predicted molar refractivity (Wildman–Crippen MR) is 124 cm³/mol. The minimum Gasteiger partial charge on any atom is -0.497 e. The summed E-state index contributed by atoms with van der Waals surface area (Å²) in [5.74, 6) is 2.76. The second-order valence-electron chi connectivity index (χ2n) is 8.38. The van der Waals surface area contributed by atoms with Gasteiger partial charge in [0.25, 0.3) is 0 Å². The molecule has 174 valence electrons. The van der Waals surface area contributed by atoms with Gasteiger partial charge < -0.3 is 24.4 Å². The lowest BCUT2D eigenvalue weighted by Crippen LogP contribution is -2.55. The summed E-state index contributed by atoms with van der Waals surface area (Å²) >= 11 is 0.